The maximum atomic E-state index is 13.6. The molecule has 6 N–H and O–H groups in total. The van der Waals surface area contributed by atoms with E-state index in [1.165, 1.54) is 48.7 Å². The van der Waals surface area contributed by atoms with Crippen molar-refractivity contribution >= 4 is 40.9 Å². The third-order valence-corrected chi connectivity index (χ3v) is 8.02. The molecule has 0 radical (unpaired) electrons. The Morgan fingerprint density at radius 3 is 2.34 bits per heavy atom. The number of ether oxygens (including phenoxy) is 2. The summed E-state index contributed by atoms with van der Waals surface area (Å²) in [6.07, 6.45) is -6.63. The van der Waals surface area contributed by atoms with Gasteiger partial charge < -0.3 is 50.0 Å². The van der Waals surface area contributed by atoms with Gasteiger partial charge in [0.05, 0.1) is 16.3 Å². The summed E-state index contributed by atoms with van der Waals surface area (Å²) in [5.41, 5.74) is 0.609. The Balaban J connectivity index is 1.45. The van der Waals surface area contributed by atoms with E-state index in [-0.39, 0.29) is 33.9 Å². The van der Waals surface area contributed by atoms with Gasteiger partial charge in [0, 0.05) is 36.6 Å². The van der Waals surface area contributed by atoms with Gasteiger partial charge in [-0.15, -0.1) is 0 Å². The SMILES string of the molecule is CN(C)CCn1cccc(-c2ccc(C(=O)Nc3c(O[C@@H]4O[C@H](C(=O)O)[C@@H](O)[C@H](O)[C@H]4O)cccc3C(=O)Nc3ccc(Cl)cn3)cc2)c1=O. The van der Waals surface area contributed by atoms with Crippen molar-refractivity contribution in [1.29, 1.82) is 0 Å². The number of carbonyl (C=O) groups is 3. The number of benzene rings is 2. The van der Waals surface area contributed by atoms with Gasteiger partial charge in [0.1, 0.15) is 29.9 Å². The number of hydrogen-bond acceptors (Lipinski definition) is 11. The highest BCUT2D eigenvalue weighted by atomic mass is 35.5. The normalized spacial score (nSPS) is 20.3. The third-order valence-electron chi connectivity index (χ3n) is 7.80. The van der Waals surface area contributed by atoms with Gasteiger partial charge in [-0.05, 0) is 68.2 Å². The minimum atomic E-state index is -1.97. The molecule has 3 heterocycles. The summed E-state index contributed by atoms with van der Waals surface area (Å²) in [4.78, 5) is 57.9. The first-order valence-corrected chi connectivity index (χ1v) is 15.6. The third kappa shape index (κ3) is 8.16. The number of nitrogens with one attached hydrogen (secondary N) is 2. The van der Waals surface area contributed by atoms with E-state index in [1.54, 1.807) is 35.0 Å². The van der Waals surface area contributed by atoms with Gasteiger partial charge in [-0.3, -0.25) is 14.4 Å². The fraction of sp³-hybridized carbons (Fsp3) is 0.265. The van der Waals surface area contributed by atoms with Gasteiger partial charge in [-0.2, -0.15) is 0 Å². The molecule has 1 aliphatic rings. The second-order valence-corrected chi connectivity index (χ2v) is 12.0. The zero-order chi connectivity index (χ0) is 36.1. The van der Waals surface area contributed by atoms with Crippen molar-refractivity contribution in [2.24, 2.45) is 0 Å². The van der Waals surface area contributed by atoms with Crippen molar-refractivity contribution in [3.8, 4) is 16.9 Å². The monoisotopic (exact) mass is 707 g/mol. The number of aliphatic hydroxyl groups is 3. The number of carboxylic acids is 1. The number of aliphatic carboxylic acids is 1. The highest BCUT2D eigenvalue weighted by Gasteiger charge is 2.48. The number of likely N-dealkylation sites (N-methyl/N-ethyl adjacent to an activating group) is 1. The Morgan fingerprint density at radius 1 is 0.940 bits per heavy atom. The van der Waals surface area contributed by atoms with Crippen LogP contribution in [-0.4, -0.2) is 104 Å². The summed E-state index contributed by atoms with van der Waals surface area (Å²) in [7, 11) is 3.82. The molecule has 0 spiro atoms. The molecule has 2 aromatic heterocycles. The summed E-state index contributed by atoms with van der Waals surface area (Å²) in [6, 6.07) is 16.7. The number of amides is 2. The Morgan fingerprint density at radius 2 is 1.68 bits per heavy atom. The molecule has 0 bridgehead atoms. The minimum Gasteiger partial charge on any atom is -0.479 e. The molecule has 1 fully saturated rings. The van der Waals surface area contributed by atoms with Crippen molar-refractivity contribution < 1.29 is 44.3 Å². The first kappa shape index (κ1) is 36.1. The molecular weight excluding hydrogens is 674 g/mol. The minimum absolute atomic E-state index is 0.132. The molecule has 2 aromatic carbocycles. The van der Waals surface area contributed by atoms with Crippen molar-refractivity contribution in [2.45, 2.75) is 37.3 Å². The highest BCUT2D eigenvalue weighted by Crippen LogP contribution is 2.33. The molecule has 1 aliphatic heterocycles. The van der Waals surface area contributed by atoms with Crippen LogP contribution in [0.2, 0.25) is 5.02 Å². The van der Waals surface area contributed by atoms with E-state index in [9.17, 15) is 39.6 Å². The zero-order valence-corrected chi connectivity index (χ0v) is 27.5. The number of carbonyl (C=O) groups excluding carboxylic acids is 2. The summed E-state index contributed by atoms with van der Waals surface area (Å²) in [5, 5.41) is 45.9. The van der Waals surface area contributed by atoms with Crippen LogP contribution >= 0.6 is 11.6 Å². The number of aliphatic hydroxyl groups excluding tert-OH is 3. The number of aromatic nitrogens is 2. The number of halogens is 1. The fourth-order valence-corrected chi connectivity index (χ4v) is 5.19. The summed E-state index contributed by atoms with van der Waals surface area (Å²) in [6.45, 7) is 1.16. The molecule has 16 heteroatoms. The molecular formula is C34H34ClN5O10. The topological polar surface area (TPSA) is 213 Å². The second kappa shape index (κ2) is 15.6. The van der Waals surface area contributed by atoms with Crippen LogP contribution in [0, 0.1) is 0 Å². The molecule has 2 amide bonds. The van der Waals surface area contributed by atoms with E-state index >= 15 is 0 Å². The van der Waals surface area contributed by atoms with Gasteiger partial charge in [0.15, 0.2) is 6.10 Å². The molecule has 0 saturated carbocycles. The predicted molar refractivity (Wildman–Crippen MR) is 181 cm³/mol. The number of para-hydroxylation sites is 1. The molecule has 5 atom stereocenters. The summed E-state index contributed by atoms with van der Waals surface area (Å²) in [5.74, 6) is -3.18. The van der Waals surface area contributed by atoms with Crippen LogP contribution < -0.4 is 20.9 Å². The highest BCUT2D eigenvalue weighted by molar-refractivity contribution is 6.30. The molecule has 1 saturated heterocycles. The maximum absolute atomic E-state index is 13.6. The molecule has 50 heavy (non-hydrogen) atoms. The largest absolute Gasteiger partial charge is 0.479 e. The van der Waals surface area contributed by atoms with E-state index in [4.69, 9.17) is 21.1 Å². The van der Waals surface area contributed by atoms with Crippen molar-refractivity contribution in [1.82, 2.24) is 14.5 Å². The summed E-state index contributed by atoms with van der Waals surface area (Å²) >= 11 is 5.90. The van der Waals surface area contributed by atoms with Crippen LogP contribution in [0.3, 0.4) is 0 Å². The summed E-state index contributed by atoms with van der Waals surface area (Å²) < 4.78 is 12.6. The number of hydrogen-bond donors (Lipinski definition) is 6. The maximum Gasteiger partial charge on any atom is 0.335 e. The van der Waals surface area contributed by atoms with Crippen LogP contribution in [-0.2, 0) is 16.1 Å². The number of rotatable bonds is 11. The smallest absolute Gasteiger partial charge is 0.335 e. The van der Waals surface area contributed by atoms with Crippen LogP contribution in [0.15, 0.2) is 83.9 Å². The Bertz CT molecular complexity index is 1920. The fourth-order valence-electron chi connectivity index (χ4n) is 5.08. The lowest BCUT2D eigenvalue weighted by Crippen LogP contribution is -2.61. The zero-order valence-electron chi connectivity index (χ0n) is 26.8. The number of anilines is 2. The second-order valence-electron chi connectivity index (χ2n) is 11.6. The molecule has 262 valence electrons. The first-order chi connectivity index (χ1) is 23.8. The Kier molecular flexibility index (Phi) is 11.3. The average Bonchev–Trinajstić information content (AvgIpc) is 3.09. The number of nitrogens with zero attached hydrogens (tertiary/aromatic N) is 3. The quantitative estimate of drug-likeness (QED) is 0.132. The predicted octanol–water partition coefficient (Wildman–Crippen LogP) is 1.90. The van der Waals surface area contributed by atoms with Gasteiger partial charge in [-0.25, -0.2) is 9.78 Å². The standard InChI is InChI=1S/C34H34ClN5O10/c1-39(2)15-16-40-14-4-6-21(32(40)46)18-8-10-19(11-9-18)30(44)38-25-22(31(45)37-24-13-12-20(35)17-36-24)5-3-7-23(25)49-34-28(43)26(41)27(42)29(50-34)33(47)48/h3-14,17,26-29,34,41-43H,15-16H2,1-2H3,(H,38,44)(H,47,48)(H,36,37,45)/t26-,27-,28+,29-,34+/m0/s1. The van der Waals surface area contributed by atoms with Gasteiger partial charge in [0.25, 0.3) is 17.4 Å². The van der Waals surface area contributed by atoms with Crippen molar-refractivity contribution in [3.63, 3.8) is 0 Å². The Hall–Kier alpha value is -5.16. The molecule has 15 nitrogen and oxygen atoms in total. The van der Waals surface area contributed by atoms with E-state index in [1.807, 2.05) is 19.0 Å². The number of pyridine rings is 2. The number of carboxylic acid groups (broad SMARTS) is 1. The van der Waals surface area contributed by atoms with Crippen LogP contribution in [0.5, 0.6) is 5.75 Å². The molecule has 5 rings (SSSR count). The van der Waals surface area contributed by atoms with E-state index in [0.717, 1.165) is 0 Å². The van der Waals surface area contributed by atoms with E-state index in [2.05, 4.69) is 15.6 Å². The lowest BCUT2D eigenvalue weighted by molar-refractivity contribution is -0.271. The first-order valence-electron chi connectivity index (χ1n) is 15.2. The molecule has 0 unspecified atom stereocenters. The van der Waals surface area contributed by atoms with Crippen LogP contribution in [0.25, 0.3) is 11.1 Å². The Labute approximate surface area is 290 Å². The van der Waals surface area contributed by atoms with Gasteiger partial charge >= 0.3 is 5.97 Å². The lowest BCUT2D eigenvalue weighted by atomic mass is 9.99. The van der Waals surface area contributed by atoms with Gasteiger partial charge in [0.2, 0.25) is 6.29 Å². The van der Waals surface area contributed by atoms with E-state index in [0.29, 0.717) is 29.2 Å². The van der Waals surface area contributed by atoms with E-state index < -0.39 is 48.5 Å². The molecule has 0 aliphatic carbocycles. The van der Waals surface area contributed by atoms with Crippen molar-refractivity contribution in [2.75, 3.05) is 31.3 Å². The van der Waals surface area contributed by atoms with Crippen LogP contribution in [0.4, 0.5) is 11.5 Å². The van der Waals surface area contributed by atoms with Gasteiger partial charge in [-0.1, -0.05) is 29.8 Å². The van der Waals surface area contributed by atoms with Crippen LogP contribution in [0.1, 0.15) is 20.7 Å². The average molecular weight is 708 g/mol. The van der Waals surface area contributed by atoms with Crippen molar-refractivity contribution in [3.05, 3.63) is 106 Å². The molecule has 4 aromatic rings. The lowest BCUT2D eigenvalue weighted by Gasteiger charge is -2.38.